The van der Waals surface area contributed by atoms with Gasteiger partial charge in [0.2, 0.25) is 10.0 Å². The van der Waals surface area contributed by atoms with E-state index in [-0.39, 0.29) is 40.1 Å². The number of sulfonamides is 1. The fourth-order valence-electron chi connectivity index (χ4n) is 4.18. The van der Waals surface area contributed by atoms with Crippen molar-refractivity contribution in [2.24, 2.45) is 5.92 Å². The van der Waals surface area contributed by atoms with Gasteiger partial charge in [-0.05, 0) is 49.1 Å². The molecule has 2 aliphatic rings. The van der Waals surface area contributed by atoms with Crippen LogP contribution in [0.25, 0.3) is 0 Å². The van der Waals surface area contributed by atoms with Crippen molar-refractivity contribution in [1.82, 2.24) is 9.62 Å². The van der Waals surface area contributed by atoms with Gasteiger partial charge in [-0.3, -0.25) is 4.79 Å². The molecular weight excluding hydrogens is 383 g/mol. The molecule has 0 spiro atoms. The molecule has 0 aromatic heterocycles. The number of methoxy groups -OCH3 is 1. The molecule has 2 aromatic carbocycles. The second kappa shape index (κ2) is 7.18. The third kappa shape index (κ3) is 3.38. The molecule has 28 heavy (non-hydrogen) atoms. The molecule has 2 bridgehead atoms. The number of hydrogen-bond donors (Lipinski definition) is 1. The first kappa shape index (κ1) is 18.9. The average molecular weight is 404 g/mol. The highest BCUT2D eigenvalue weighted by Crippen LogP contribution is 2.39. The van der Waals surface area contributed by atoms with E-state index < -0.39 is 15.8 Å². The molecule has 1 aliphatic heterocycles. The largest absolute Gasteiger partial charge is 0.494 e. The Balaban J connectivity index is 1.44. The molecule has 2 fully saturated rings. The number of halogens is 1. The minimum Gasteiger partial charge on any atom is -0.494 e. The third-order valence-corrected chi connectivity index (χ3v) is 7.07. The number of carbonyl (C=O) groups excluding carboxylic acids is 1. The number of likely N-dealkylation sites (tertiary alicyclic amines) is 1. The highest BCUT2D eigenvalue weighted by atomic mass is 32.2. The van der Waals surface area contributed by atoms with Crippen molar-refractivity contribution in [3.63, 3.8) is 0 Å². The number of carbonyl (C=O) groups is 1. The Morgan fingerprint density at radius 2 is 1.93 bits per heavy atom. The molecule has 3 unspecified atom stereocenters. The minimum atomic E-state index is -3.59. The van der Waals surface area contributed by atoms with Crippen LogP contribution in [0.2, 0.25) is 0 Å². The molecule has 0 radical (unpaired) electrons. The summed E-state index contributed by atoms with van der Waals surface area (Å²) in [5.74, 6) is -0.671. The first-order valence-corrected chi connectivity index (χ1v) is 10.6. The van der Waals surface area contributed by atoms with E-state index in [9.17, 15) is 17.6 Å². The first-order chi connectivity index (χ1) is 13.4. The lowest BCUT2D eigenvalue weighted by molar-refractivity contribution is 0.0691. The highest BCUT2D eigenvalue weighted by molar-refractivity contribution is 7.89. The zero-order valence-electron chi connectivity index (χ0n) is 15.3. The van der Waals surface area contributed by atoms with Gasteiger partial charge >= 0.3 is 0 Å². The fourth-order valence-corrected chi connectivity index (χ4v) is 5.52. The molecule has 1 amide bonds. The van der Waals surface area contributed by atoms with Crippen molar-refractivity contribution >= 4 is 15.9 Å². The van der Waals surface area contributed by atoms with Gasteiger partial charge in [-0.25, -0.2) is 17.5 Å². The number of piperidine rings is 1. The van der Waals surface area contributed by atoms with E-state index in [1.54, 1.807) is 41.3 Å². The summed E-state index contributed by atoms with van der Waals surface area (Å²) < 4.78 is 46.7. The van der Waals surface area contributed by atoms with Crippen molar-refractivity contribution in [1.29, 1.82) is 0 Å². The van der Waals surface area contributed by atoms with Gasteiger partial charge in [-0.1, -0.05) is 18.2 Å². The second-order valence-corrected chi connectivity index (χ2v) is 8.95. The Kier molecular flexibility index (Phi) is 4.84. The van der Waals surface area contributed by atoms with Crippen molar-refractivity contribution < 1.29 is 22.3 Å². The lowest BCUT2D eigenvalue weighted by Gasteiger charge is -2.32. The molecule has 1 heterocycles. The van der Waals surface area contributed by atoms with Crippen LogP contribution in [-0.4, -0.2) is 45.0 Å². The zero-order chi connectivity index (χ0) is 19.9. The Labute approximate surface area is 163 Å². The van der Waals surface area contributed by atoms with E-state index in [1.807, 2.05) is 0 Å². The molecule has 6 nitrogen and oxygen atoms in total. The summed E-state index contributed by atoms with van der Waals surface area (Å²) in [6.07, 6.45) is 1.30. The van der Waals surface area contributed by atoms with Crippen LogP contribution in [0.1, 0.15) is 23.2 Å². The standard InChI is InChI=1S/C20H21FN2O4S/c1-27-19-8-7-13(10-17(19)21)20(24)23-12-14-9-15(23)11-18(14)22-28(25,26)16-5-3-2-4-6-16/h2-8,10,14-15,18,22H,9,11-12H2,1H3. The monoisotopic (exact) mass is 404 g/mol. The molecule has 4 rings (SSSR count). The van der Waals surface area contributed by atoms with Crippen molar-refractivity contribution in [3.05, 3.63) is 59.9 Å². The van der Waals surface area contributed by atoms with Gasteiger partial charge in [-0.15, -0.1) is 0 Å². The number of nitrogens with zero attached hydrogens (tertiary/aromatic N) is 1. The number of hydrogen-bond acceptors (Lipinski definition) is 4. The van der Waals surface area contributed by atoms with Gasteiger partial charge < -0.3 is 9.64 Å². The Hall–Kier alpha value is -2.45. The maximum Gasteiger partial charge on any atom is 0.254 e. The normalized spacial score (nSPS) is 23.8. The highest BCUT2D eigenvalue weighted by Gasteiger charge is 2.47. The van der Waals surface area contributed by atoms with Crippen LogP contribution in [0, 0.1) is 11.7 Å². The predicted octanol–water partition coefficient (Wildman–Crippen LogP) is 2.42. The summed E-state index contributed by atoms with van der Waals surface area (Å²) in [6, 6.07) is 12.2. The van der Waals surface area contributed by atoms with Crippen LogP contribution in [0.4, 0.5) is 4.39 Å². The predicted molar refractivity (Wildman–Crippen MR) is 101 cm³/mol. The van der Waals surface area contributed by atoms with Crippen molar-refractivity contribution in [2.45, 2.75) is 29.8 Å². The first-order valence-electron chi connectivity index (χ1n) is 9.11. The van der Waals surface area contributed by atoms with Gasteiger partial charge in [0.1, 0.15) is 0 Å². The number of ether oxygens (including phenoxy) is 1. The molecule has 1 N–H and O–H groups in total. The Bertz CT molecular complexity index is 997. The molecule has 1 saturated carbocycles. The van der Waals surface area contributed by atoms with Gasteiger partial charge in [0.05, 0.1) is 12.0 Å². The quantitative estimate of drug-likeness (QED) is 0.831. The Morgan fingerprint density at radius 3 is 2.54 bits per heavy atom. The smallest absolute Gasteiger partial charge is 0.254 e. The van der Waals surface area contributed by atoms with E-state index in [1.165, 1.54) is 19.2 Å². The van der Waals surface area contributed by atoms with Gasteiger partial charge in [0.25, 0.3) is 5.91 Å². The SMILES string of the molecule is COc1ccc(C(=O)N2CC3CC2CC3NS(=O)(=O)c2ccccc2)cc1F. The van der Waals surface area contributed by atoms with Crippen LogP contribution < -0.4 is 9.46 Å². The number of nitrogens with one attached hydrogen (secondary N) is 1. The number of fused-ring (bicyclic) bond motifs is 2. The summed E-state index contributed by atoms with van der Waals surface area (Å²) in [5, 5.41) is 0. The summed E-state index contributed by atoms with van der Waals surface area (Å²) in [7, 11) is -2.22. The molecule has 8 heteroatoms. The molecule has 2 aromatic rings. The van der Waals surface area contributed by atoms with E-state index in [4.69, 9.17) is 4.74 Å². The molecule has 3 atom stereocenters. The summed E-state index contributed by atoms with van der Waals surface area (Å²) in [6.45, 7) is 0.457. The van der Waals surface area contributed by atoms with Crippen molar-refractivity contribution in [2.75, 3.05) is 13.7 Å². The van der Waals surface area contributed by atoms with Crippen LogP contribution in [0.3, 0.4) is 0 Å². The lowest BCUT2D eigenvalue weighted by atomic mass is 10.0. The number of benzene rings is 2. The number of rotatable bonds is 5. The summed E-state index contributed by atoms with van der Waals surface area (Å²) in [4.78, 5) is 14.7. The zero-order valence-corrected chi connectivity index (χ0v) is 16.2. The van der Waals surface area contributed by atoms with Gasteiger partial charge in [0.15, 0.2) is 11.6 Å². The molecule has 148 valence electrons. The van der Waals surface area contributed by atoms with E-state index in [2.05, 4.69) is 4.72 Å². The average Bonchev–Trinajstić information content (AvgIpc) is 3.28. The Morgan fingerprint density at radius 1 is 1.18 bits per heavy atom. The third-order valence-electron chi connectivity index (χ3n) is 5.56. The van der Waals surface area contributed by atoms with Crippen LogP contribution in [0.5, 0.6) is 5.75 Å². The van der Waals surface area contributed by atoms with Gasteiger partial charge in [-0.2, -0.15) is 0 Å². The summed E-state index contributed by atoms with van der Waals surface area (Å²) >= 11 is 0. The van der Waals surface area contributed by atoms with Crippen LogP contribution in [0.15, 0.2) is 53.4 Å². The lowest BCUT2D eigenvalue weighted by Crippen LogP contribution is -2.47. The van der Waals surface area contributed by atoms with E-state index >= 15 is 0 Å². The van der Waals surface area contributed by atoms with Crippen LogP contribution in [-0.2, 0) is 10.0 Å². The van der Waals surface area contributed by atoms with E-state index in [0.29, 0.717) is 13.0 Å². The fraction of sp³-hybridized carbons (Fsp3) is 0.350. The number of amides is 1. The summed E-state index contributed by atoms with van der Waals surface area (Å²) in [5.41, 5.74) is 0.271. The maximum absolute atomic E-state index is 13.9. The molecule has 1 saturated heterocycles. The second-order valence-electron chi connectivity index (χ2n) is 7.23. The molecule has 1 aliphatic carbocycles. The topological polar surface area (TPSA) is 75.7 Å². The van der Waals surface area contributed by atoms with Crippen LogP contribution >= 0.6 is 0 Å². The maximum atomic E-state index is 13.9. The molecular formula is C20H21FN2O4S. The van der Waals surface area contributed by atoms with Gasteiger partial charge in [0, 0.05) is 24.2 Å². The van der Waals surface area contributed by atoms with Crippen molar-refractivity contribution in [3.8, 4) is 5.75 Å². The van der Waals surface area contributed by atoms with E-state index in [0.717, 1.165) is 6.42 Å². The minimum absolute atomic E-state index is 0.0499.